The number of carbonyl (C=O) groups is 1. The average molecular weight is 335 g/mol. The smallest absolute Gasteiger partial charge is 0.220 e. The molecule has 2 aliphatic heterocycles. The van der Waals surface area contributed by atoms with Gasteiger partial charge in [0.25, 0.3) is 0 Å². The number of piperidine rings is 1. The minimum atomic E-state index is 0. The van der Waals surface area contributed by atoms with Gasteiger partial charge in [0.05, 0.1) is 4.34 Å². The van der Waals surface area contributed by atoms with Crippen molar-refractivity contribution in [1.82, 2.24) is 10.6 Å². The van der Waals surface area contributed by atoms with E-state index in [1.165, 1.54) is 17.7 Å². The number of amides is 1. The summed E-state index contributed by atoms with van der Waals surface area (Å²) in [6.07, 6.45) is 6.08. The molecule has 2 saturated heterocycles. The molecule has 2 N–H and O–H groups in total. The summed E-state index contributed by atoms with van der Waals surface area (Å²) < 4.78 is 0.797. The predicted molar refractivity (Wildman–Crippen MR) is 86.0 cm³/mol. The highest BCUT2D eigenvalue weighted by Crippen LogP contribution is 2.27. The van der Waals surface area contributed by atoms with E-state index in [1.807, 2.05) is 12.1 Å². The third-order valence-corrected chi connectivity index (χ3v) is 5.36. The van der Waals surface area contributed by atoms with Crippen molar-refractivity contribution in [3.05, 3.63) is 21.3 Å². The molecule has 3 heterocycles. The van der Waals surface area contributed by atoms with E-state index >= 15 is 0 Å². The van der Waals surface area contributed by atoms with Crippen molar-refractivity contribution in [2.45, 2.75) is 56.7 Å². The van der Waals surface area contributed by atoms with Crippen molar-refractivity contribution in [2.24, 2.45) is 0 Å². The quantitative estimate of drug-likeness (QED) is 0.887. The maximum atomic E-state index is 12.0. The highest BCUT2D eigenvalue weighted by Gasteiger charge is 2.33. The van der Waals surface area contributed by atoms with Crippen molar-refractivity contribution in [2.75, 3.05) is 0 Å². The minimum Gasteiger partial charge on any atom is -0.353 e. The van der Waals surface area contributed by atoms with Crippen LogP contribution >= 0.6 is 35.3 Å². The van der Waals surface area contributed by atoms with Gasteiger partial charge in [0, 0.05) is 29.4 Å². The lowest BCUT2D eigenvalue weighted by Gasteiger charge is -2.29. The number of thiophene rings is 1. The molecule has 2 aliphatic rings. The molecule has 2 fully saturated rings. The van der Waals surface area contributed by atoms with Crippen LogP contribution in [0.25, 0.3) is 0 Å². The number of halogens is 2. The first-order valence-electron chi connectivity index (χ1n) is 6.98. The number of nitrogens with one attached hydrogen (secondary N) is 2. The summed E-state index contributed by atoms with van der Waals surface area (Å²) in [6.45, 7) is 0. The Morgan fingerprint density at radius 2 is 2.05 bits per heavy atom. The molecule has 1 aromatic heterocycles. The SMILES string of the molecule is Cl.O=C(CCc1ccc(Cl)s1)NC1CC2CCC(C1)N2. The molecule has 112 valence electrons. The molecule has 3 rings (SSSR count). The second kappa shape index (κ2) is 7.12. The monoisotopic (exact) mass is 334 g/mol. The molecule has 0 aliphatic carbocycles. The van der Waals surface area contributed by atoms with Gasteiger partial charge in [-0.3, -0.25) is 4.79 Å². The van der Waals surface area contributed by atoms with Gasteiger partial charge in [-0.15, -0.1) is 23.7 Å². The molecule has 0 spiro atoms. The van der Waals surface area contributed by atoms with Crippen LogP contribution in [0.4, 0.5) is 0 Å². The van der Waals surface area contributed by atoms with E-state index in [9.17, 15) is 4.79 Å². The molecule has 6 heteroatoms. The van der Waals surface area contributed by atoms with E-state index in [0.717, 1.165) is 23.6 Å². The average Bonchev–Trinajstić information content (AvgIpc) is 2.93. The van der Waals surface area contributed by atoms with E-state index in [-0.39, 0.29) is 18.3 Å². The van der Waals surface area contributed by atoms with Crippen molar-refractivity contribution < 1.29 is 4.79 Å². The van der Waals surface area contributed by atoms with Crippen LogP contribution in [0.3, 0.4) is 0 Å². The van der Waals surface area contributed by atoms with Crippen LogP contribution in [0.1, 0.15) is 37.0 Å². The molecule has 2 bridgehead atoms. The Balaban J connectivity index is 0.00000147. The summed E-state index contributed by atoms with van der Waals surface area (Å²) in [5.74, 6) is 0.177. The van der Waals surface area contributed by atoms with Crippen LogP contribution in [0.5, 0.6) is 0 Å². The van der Waals surface area contributed by atoms with Crippen LogP contribution in [-0.2, 0) is 11.2 Å². The van der Waals surface area contributed by atoms with E-state index in [0.29, 0.717) is 24.5 Å². The summed E-state index contributed by atoms with van der Waals surface area (Å²) in [5.41, 5.74) is 0. The number of rotatable bonds is 4. The van der Waals surface area contributed by atoms with Gasteiger partial charge < -0.3 is 10.6 Å². The fourth-order valence-corrected chi connectivity index (χ4v) is 4.28. The number of aryl methyl sites for hydroxylation is 1. The summed E-state index contributed by atoms with van der Waals surface area (Å²) >= 11 is 7.44. The van der Waals surface area contributed by atoms with Crippen LogP contribution in [-0.4, -0.2) is 24.0 Å². The Labute approximate surface area is 134 Å². The zero-order valence-corrected chi connectivity index (χ0v) is 13.6. The van der Waals surface area contributed by atoms with Gasteiger partial charge in [0.2, 0.25) is 5.91 Å². The van der Waals surface area contributed by atoms with Crippen LogP contribution in [0.2, 0.25) is 4.34 Å². The number of fused-ring (bicyclic) bond motifs is 2. The Kier molecular flexibility index (Phi) is 5.73. The number of carbonyl (C=O) groups excluding carboxylic acids is 1. The Bertz CT molecular complexity index is 454. The number of hydrogen-bond acceptors (Lipinski definition) is 3. The van der Waals surface area contributed by atoms with Crippen LogP contribution in [0.15, 0.2) is 12.1 Å². The molecule has 20 heavy (non-hydrogen) atoms. The van der Waals surface area contributed by atoms with E-state index in [2.05, 4.69) is 10.6 Å². The lowest BCUT2D eigenvalue weighted by atomic mass is 9.99. The molecule has 2 atom stereocenters. The van der Waals surface area contributed by atoms with Crippen LogP contribution < -0.4 is 10.6 Å². The van der Waals surface area contributed by atoms with Crippen LogP contribution in [0, 0.1) is 0 Å². The van der Waals surface area contributed by atoms with Crippen molar-refractivity contribution in [1.29, 1.82) is 0 Å². The largest absolute Gasteiger partial charge is 0.353 e. The first-order chi connectivity index (χ1) is 9.19. The van der Waals surface area contributed by atoms with E-state index in [4.69, 9.17) is 11.6 Å². The lowest BCUT2D eigenvalue weighted by molar-refractivity contribution is -0.122. The summed E-state index contributed by atoms with van der Waals surface area (Å²) in [7, 11) is 0. The molecular formula is C14H20Cl2N2OS. The third-order valence-electron chi connectivity index (χ3n) is 4.07. The summed E-state index contributed by atoms with van der Waals surface area (Å²) in [6, 6.07) is 5.52. The second-order valence-corrected chi connectivity index (χ2v) is 7.38. The molecule has 0 saturated carbocycles. The zero-order chi connectivity index (χ0) is 13.2. The van der Waals surface area contributed by atoms with E-state index < -0.39 is 0 Å². The molecule has 3 nitrogen and oxygen atoms in total. The van der Waals surface area contributed by atoms with Crippen molar-refractivity contribution in [3.8, 4) is 0 Å². The third kappa shape index (κ3) is 4.10. The highest BCUT2D eigenvalue weighted by atomic mass is 35.5. The van der Waals surface area contributed by atoms with Gasteiger partial charge in [0.15, 0.2) is 0 Å². The summed E-state index contributed by atoms with van der Waals surface area (Å²) in [4.78, 5) is 13.2. The number of hydrogen-bond donors (Lipinski definition) is 2. The van der Waals surface area contributed by atoms with Gasteiger partial charge in [0.1, 0.15) is 0 Å². The molecule has 0 aromatic carbocycles. The van der Waals surface area contributed by atoms with Gasteiger partial charge in [-0.1, -0.05) is 11.6 Å². The van der Waals surface area contributed by atoms with Crippen molar-refractivity contribution in [3.63, 3.8) is 0 Å². The maximum Gasteiger partial charge on any atom is 0.220 e. The normalized spacial score (nSPS) is 27.9. The Morgan fingerprint density at radius 1 is 1.35 bits per heavy atom. The molecule has 1 amide bonds. The van der Waals surface area contributed by atoms with Crippen molar-refractivity contribution >= 4 is 41.3 Å². The highest BCUT2D eigenvalue weighted by molar-refractivity contribution is 7.16. The first kappa shape index (κ1) is 16.1. The van der Waals surface area contributed by atoms with Gasteiger partial charge >= 0.3 is 0 Å². The maximum absolute atomic E-state index is 12.0. The lowest BCUT2D eigenvalue weighted by Crippen LogP contribution is -2.48. The Morgan fingerprint density at radius 3 is 2.65 bits per heavy atom. The van der Waals surface area contributed by atoms with Gasteiger partial charge in [-0.05, 0) is 44.2 Å². The minimum absolute atomic E-state index is 0. The zero-order valence-electron chi connectivity index (χ0n) is 11.2. The second-order valence-electron chi connectivity index (χ2n) is 5.58. The Hall–Kier alpha value is -0.290. The van der Waals surface area contributed by atoms with Gasteiger partial charge in [-0.2, -0.15) is 0 Å². The molecule has 0 radical (unpaired) electrons. The van der Waals surface area contributed by atoms with E-state index in [1.54, 1.807) is 11.3 Å². The first-order valence-corrected chi connectivity index (χ1v) is 8.18. The summed E-state index contributed by atoms with van der Waals surface area (Å²) in [5, 5.41) is 6.78. The fourth-order valence-electron chi connectivity index (χ4n) is 3.20. The molecular weight excluding hydrogens is 315 g/mol. The van der Waals surface area contributed by atoms with Gasteiger partial charge in [-0.25, -0.2) is 0 Å². The molecule has 2 unspecified atom stereocenters. The standard InChI is InChI=1S/C14H19ClN2OS.ClH/c15-13-5-3-12(19-13)4-6-14(18)17-11-7-9-1-2-10(8-11)16-9;/h3,5,9-11,16H,1-2,4,6-8H2,(H,17,18);1H. The molecule has 1 aromatic rings. The predicted octanol–water partition coefficient (Wildman–Crippen LogP) is 3.16. The topological polar surface area (TPSA) is 41.1 Å². The fraction of sp³-hybridized carbons (Fsp3) is 0.643.